The zero-order valence-corrected chi connectivity index (χ0v) is 19.8. The van der Waals surface area contributed by atoms with Gasteiger partial charge in [0.1, 0.15) is 11.7 Å². The largest absolute Gasteiger partial charge is 0.480 e. The Morgan fingerprint density at radius 2 is 1.71 bits per heavy atom. The van der Waals surface area contributed by atoms with Crippen LogP contribution >= 0.6 is 11.6 Å². The lowest BCUT2D eigenvalue weighted by Crippen LogP contribution is -2.42. The molecule has 0 bridgehead atoms. The second kappa shape index (κ2) is 9.95. The minimum atomic E-state index is -4.67. The van der Waals surface area contributed by atoms with Crippen LogP contribution in [0.4, 0.5) is 13.2 Å². The highest BCUT2D eigenvalue weighted by molar-refractivity contribution is 6.34. The number of rotatable bonds is 6. The lowest BCUT2D eigenvalue weighted by atomic mass is 9.98. The van der Waals surface area contributed by atoms with Crippen LogP contribution in [0, 0.1) is 13.8 Å². The Kier molecular flexibility index (Phi) is 7.40. The van der Waals surface area contributed by atoms with Gasteiger partial charge in [0.25, 0.3) is 11.5 Å². The van der Waals surface area contributed by atoms with E-state index in [1.54, 1.807) is 31.2 Å². The number of pyridine rings is 1. The normalized spacial score (nSPS) is 12.3. The van der Waals surface area contributed by atoms with Crippen molar-refractivity contribution < 1.29 is 27.9 Å². The number of halogens is 4. The summed E-state index contributed by atoms with van der Waals surface area (Å²) in [5.41, 5.74) is 0.150. The summed E-state index contributed by atoms with van der Waals surface area (Å²) in [6, 6.07) is 10.7. The molecule has 0 aliphatic carbocycles. The highest BCUT2D eigenvalue weighted by Gasteiger charge is 2.34. The van der Waals surface area contributed by atoms with Crippen LogP contribution in [0.15, 0.2) is 53.3 Å². The number of nitrogens with one attached hydrogen (secondary N) is 1. The molecule has 10 heteroatoms. The summed E-state index contributed by atoms with van der Waals surface area (Å²) in [5, 5.41) is 12.3. The van der Waals surface area contributed by atoms with E-state index in [9.17, 15) is 32.7 Å². The van der Waals surface area contributed by atoms with Gasteiger partial charge in [0.05, 0.1) is 16.1 Å². The van der Waals surface area contributed by atoms with Gasteiger partial charge in [-0.15, -0.1) is 0 Å². The number of aliphatic carboxylic acids is 1. The molecule has 0 saturated heterocycles. The van der Waals surface area contributed by atoms with Crippen LogP contribution in [0.3, 0.4) is 0 Å². The lowest BCUT2D eigenvalue weighted by Gasteiger charge is -2.17. The maximum Gasteiger partial charge on any atom is 0.431 e. The molecule has 1 amide bonds. The number of hydrogen-bond acceptors (Lipinski definition) is 3. The third kappa shape index (κ3) is 5.57. The number of amides is 1. The van der Waals surface area contributed by atoms with E-state index >= 15 is 0 Å². The molecule has 1 aromatic heterocycles. The smallest absolute Gasteiger partial charge is 0.431 e. The first kappa shape index (κ1) is 26.0. The predicted molar refractivity (Wildman–Crippen MR) is 126 cm³/mol. The van der Waals surface area contributed by atoms with Crippen LogP contribution in [0.1, 0.15) is 32.7 Å². The van der Waals surface area contributed by atoms with Crippen molar-refractivity contribution in [3.63, 3.8) is 0 Å². The summed E-state index contributed by atoms with van der Waals surface area (Å²) >= 11 is 6.10. The molecule has 2 aromatic carbocycles. The zero-order valence-electron chi connectivity index (χ0n) is 19.0. The van der Waals surface area contributed by atoms with Crippen LogP contribution in [0.5, 0.6) is 0 Å². The lowest BCUT2D eigenvalue weighted by molar-refractivity contribution is -0.143. The Morgan fingerprint density at radius 1 is 1.09 bits per heavy atom. The monoisotopic (exact) mass is 506 g/mol. The van der Waals surface area contributed by atoms with Gasteiger partial charge in [0, 0.05) is 13.5 Å². The Morgan fingerprint density at radius 3 is 2.26 bits per heavy atom. The van der Waals surface area contributed by atoms with Crippen LogP contribution in [0.25, 0.3) is 11.1 Å². The molecular formula is C25H22ClF3N2O4. The predicted octanol–water partition coefficient (Wildman–Crippen LogP) is 4.77. The summed E-state index contributed by atoms with van der Waals surface area (Å²) < 4.78 is 40.1. The van der Waals surface area contributed by atoms with Crippen molar-refractivity contribution in [1.82, 2.24) is 9.88 Å². The minimum absolute atomic E-state index is 0.0607. The Balaban J connectivity index is 1.86. The first-order valence-electron chi connectivity index (χ1n) is 10.5. The van der Waals surface area contributed by atoms with E-state index in [0.29, 0.717) is 21.3 Å². The standard InChI is InChI=1S/C25H22ClF3N2O4/c1-13-5-4-6-17(26)21(13)22(32)30-18(24(34)35)12-15-7-9-16(10-8-15)20-14(2)11-19(25(27,28)29)31(3)23(20)33/h4-11,18H,12H2,1-3H3,(H,30,32)(H,34,35)/t18-/m0/s1. The minimum Gasteiger partial charge on any atom is -0.480 e. The first-order valence-corrected chi connectivity index (χ1v) is 10.8. The summed E-state index contributed by atoms with van der Waals surface area (Å²) in [7, 11) is 1.06. The molecule has 0 unspecified atom stereocenters. The number of nitrogens with zero attached hydrogens (tertiary/aromatic N) is 1. The molecule has 3 aromatic rings. The van der Waals surface area contributed by atoms with Gasteiger partial charge in [-0.25, -0.2) is 4.79 Å². The Bertz CT molecular complexity index is 1330. The molecule has 0 fully saturated rings. The van der Waals surface area contributed by atoms with Crippen molar-refractivity contribution in [2.75, 3.05) is 0 Å². The number of benzene rings is 2. The highest BCUT2D eigenvalue weighted by Crippen LogP contribution is 2.31. The second-order valence-corrected chi connectivity index (χ2v) is 8.55. The molecule has 0 spiro atoms. The molecule has 0 radical (unpaired) electrons. The van der Waals surface area contributed by atoms with Gasteiger partial charge in [-0.05, 0) is 48.2 Å². The van der Waals surface area contributed by atoms with E-state index < -0.39 is 35.3 Å². The number of carboxylic acids is 1. The van der Waals surface area contributed by atoms with Crippen LogP contribution in [0.2, 0.25) is 5.02 Å². The third-order valence-electron chi connectivity index (χ3n) is 5.65. The van der Waals surface area contributed by atoms with Crippen LogP contribution < -0.4 is 10.9 Å². The molecule has 0 aliphatic heterocycles. The van der Waals surface area contributed by atoms with Gasteiger partial charge in [0.15, 0.2) is 0 Å². The molecule has 184 valence electrons. The number of hydrogen-bond donors (Lipinski definition) is 2. The summed E-state index contributed by atoms with van der Waals surface area (Å²) in [4.78, 5) is 37.1. The summed E-state index contributed by atoms with van der Waals surface area (Å²) in [6.45, 7) is 3.11. The van der Waals surface area contributed by atoms with E-state index in [1.165, 1.54) is 25.1 Å². The van der Waals surface area contributed by atoms with Gasteiger partial charge in [-0.1, -0.05) is 48.0 Å². The fourth-order valence-corrected chi connectivity index (χ4v) is 4.14. The second-order valence-electron chi connectivity index (χ2n) is 8.15. The maximum absolute atomic E-state index is 13.2. The van der Waals surface area contributed by atoms with Crippen molar-refractivity contribution in [3.05, 3.63) is 91.9 Å². The number of aryl methyl sites for hydroxylation is 2. The average molecular weight is 507 g/mol. The molecule has 0 saturated carbocycles. The van der Waals surface area contributed by atoms with Crippen molar-refractivity contribution in [2.45, 2.75) is 32.5 Å². The number of alkyl halides is 3. The molecule has 35 heavy (non-hydrogen) atoms. The quantitative estimate of drug-likeness (QED) is 0.504. The van der Waals surface area contributed by atoms with Crippen molar-refractivity contribution in [1.29, 1.82) is 0 Å². The number of aromatic nitrogens is 1. The van der Waals surface area contributed by atoms with Gasteiger partial charge < -0.3 is 15.0 Å². The van der Waals surface area contributed by atoms with E-state index in [0.717, 1.165) is 13.1 Å². The SMILES string of the molecule is Cc1cccc(Cl)c1C(=O)N[C@@H](Cc1ccc(-c2c(C)cc(C(F)(F)F)n(C)c2=O)cc1)C(=O)O. The molecule has 2 N–H and O–H groups in total. The maximum atomic E-state index is 13.2. The van der Waals surface area contributed by atoms with E-state index in [-0.39, 0.29) is 28.1 Å². The first-order chi connectivity index (χ1) is 16.3. The fourth-order valence-electron chi connectivity index (χ4n) is 3.84. The fraction of sp³-hybridized carbons (Fsp3) is 0.240. The van der Waals surface area contributed by atoms with Gasteiger partial charge in [0.2, 0.25) is 0 Å². The van der Waals surface area contributed by atoms with Gasteiger partial charge >= 0.3 is 12.1 Å². The van der Waals surface area contributed by atoms with Crippen molar-refractivity contribution >= 4 is 23.5 Å². The van der Waals surface area contributed by atoms with E-state index in [4.69, 9.17) is 11.6 Å². The van der Waals surface area contributed by atoms with Crippen molar-refractivity contribution in [2.24, 2.45) is 7.05 Å². The number of carboxylic acid groups (broad SMARTS) is 1. The molecular weight excluding hydrogens is 485 g/mol. The topological polar surface area (TPSA) is 88.4 Å². The van der Waals surface area contributed by atoms with Crippen LogP contribution in [-0.2, 0) is 24.4 Å². The summed E-state index contributed by atoms with van der Waals surface area (Å²) in [6.07, 6.45) is -4.73. The Hall–Kier alpha value is -3.59. The number of carbonyl (C=O) groups excluding carboxylic acids is 1. The van der Waals surface area contributed by atoms with Gasteiger partial charge in [-0.3, -0.25) is 9.59 Å². The van der Waals surface area contributed by atoms with Gasteiger partial charge in [-0.2, -0.15) is 13.2 Å². The Labute approximate surface area is 204 Å². The molecule has 6 nitrogen and oxygen atoms in total. The molecule has 1 atom stereocenters. The van der Waals surface area contributed by atoms with E-state index in [1.807, 2.05) is 0 Å². The number of carbonyl (C=O) groups is 2. The summed E-state index contributed by atoms with van der Waals surface area (Å²) in [5.74, 6) is -1.87. The molecule has 3 rings (SSSR count). The average Bonchev–Trinajstić information content (AvgIpc) is 2.76. The van der Waals surface area contributed by atoms with E-state index in [2.05, 4.69) is 5.32 Å². The van der Waals surface area contributed by atoms with Crippen molar-refractivity contribution in [3.8, 4) is 11.1 Å². The third-order valence-corrected chi connectivity index (χ3v) is 5.97. The highest BCUT2D eigenvalue weighted by atomic mass is 35.5. The van der Waals surface area contributed by atoms with Crippen LogP contribution in [-0.4, -0.2) is 27.6 Å². The molecule has 1 heterocycles. The zero-order chi connectivity index (χ0) is 26.1. The molecule has 0 aliphatic rings.